The number of aryl methyl sites for hydroxylation is 2. The highest BCUT2D eigenvalue weighted by atomic mass is 16.5. The van der Waals surface area contributed by atoms with Crippen LogP contribution in [0, 0.1) is 6.92 Å². The summed E-state index contributed by atoms with van der Waals surface area (Å²) in [5, 5.41) is 0. The fraction of sp³-hybridized carbons (Fsp3) is 0.294. The minimum Gasteiger partial charge on any atom is -0.484 e. The van der Waals surface area contributed by atoms with Crippen LogP contribution in [0.4, 0.5) is 0 Å². The molecule has 0 spiro atoms. The first kappa shape index (κ1) is 13.6. The van der Waals surface area contributed by atoms with Crippen molar-refractivity contribution in [2.24, 2.45) is 5.73 Å². The quantitative estimate of drug-likeness (QED) is 0.885. The number of hydrogen-bond acceptors (Lipinski definition) is 2. The molecule has 0 aliphatic carbocycles. The van der Waals surface area contributed by atoms with Crippen LogP contribution in [0.2, 0.25) is 0 Å². The van der Waals surface area contributed by atoms with E-state index in [4.69, 9.17) is 10.5 Å². The molecule has 1 atom stereocenters. The van der Waals surface area contributed by atoms with Crippen molar-refractivity contribution in [1.82, 2.24) is 0 Å². The van der Waals surface area contributed by atoms with Gasteiger partial charge in [-0.15, -0.1) is 0 Å². The minimum absolute atomic E-state index is 0.0901. The molecule has 0 fully saturated rings. The molecule has 0 bridgehead atoms. The maximum absolute atomic E-state index is 5.98. The van der Waals surface area contributed by atoms with Crippen LogP contribution in [0.15, 0.2) is 48.5 Å². The van der Waals surface area contributed by atoms with Crippen LogP contribution >= 0.6 is 0 Å². The predicted octanol–water partition coefficient (Wildman–Crippen LogP) is 3.64. The molecule has 2 aromatic carbocycles. The van der Waals surface area contributed by atoms with Crippen molar-refractivity contribution in [2.45, 2.75) is 26.4 Å². The molecule has 2 aromatic rings. The topological polar surface area (TPSA) is 35.2 Å². The van der Waals surface area contributed by atoms with Gasteiger partial charge in [-0.2, -0.15) is 0 Å². The van der Waals surface area contributed by atoms with Crippen molar-refractivity contribution in [3.8, 4) is 5.75 Å². The Morgan fingerprint density at radius 1 is 1.11 bits per heavy atom. The highest BCUT2D eigenvalue weighted by Gasteiger charge is 2.11. The molecule has 2 nitrogen and oxygen atoms in total. The van der Waals surface area contributed by atoms with Crippen molar-refractivity contribution >= 4 is 0 Å². The Labute approximate surface area is 115 Å². The van der Waals surface area contributed by atoms with Gasteiger partial charge in [-0.1, -0.05) is 43.3 Å². The highest BCUT2D eigenvalue weighted by molar-refractivity contribution is 5.30. The van der Waals surface area contributed by atoms with Gasteiger partial charge in [0.05, 0.1) is 0 Å². The molecular weight excluding hydrogens is 234 g/mol. The Balaban J connectivity index is 2.15. The van der Waals surface area contributed by atoms with Gasteiger partial charge in [0.25, 0.3) is 0 Å². The largest absolute Gasteiger partial charge is 0.484 e. The van der Waals surface area contributed by atoms with E-state index < -0.39 is 0 Å². The molecule has 0 radical (unpaired) electrons. The molecule has 19 heavy (non-hydrogen) atoms. The Morgan fingerprint density at radius 2 is 1.84 bits per heavy atom. The summed E-state index contributed by atoms with van der Waals surface area (Å²) in [7, 11) is 0. The van der Waals surface area contributed by atoms with Gasteiger partial charge in [0.15, 0.2) is 0 Å². The fourth-order valence-corrected chi connectivity index (χ4v) is 2.07. The molecule has 2 rings (SSSR count). The van der Waals surface area contributed by atoms with Gasteiger partial charge in [0, 0.05) is 6.54 Å². The van der Waals surface area contributed by atoms with Crippen LogP contribution in [-0.2, 0) is 6.42 Å². The Bertz CT molecular complexity index is 519. The van der Waals surface area contributed by atoms with E-state index in [1.165, 1.54) is 11.1 Å². The van der Waals surface area contributed by atoms with E-state index in [2.05, 4.69) is 44.2 Å². The van der Waals surface area contributed by atoms with E-state index in [0.29, 0.717) is 6.54 Å². The van der Waals surface area contributed by atoms with Crippen LogP contribution in [-0.4, -0.2) is 6.54 Å². The smallest absolute Gasteiger partial charge is 0.136 e. The summed E-state index contributed by atoms with van der Waals surface area (Å²) in [4.78, 5) is 0. The molecule has 0 aliphatic heterocycles. The van der Waals surface area contributed by atoms with Gasteiger partial charge in [-0.3, -0.25) is 0 Å². The van der Waals surface area contributed by atoms with Crippen molar-refractivity contribution in [3.63, 3.8) is 0 Å². The third kappa shape index (κ3) is 3.58. The zero-order valence-electron chi connectivity index (χ0n) is 11.6. The monoisotopic (exact) mass is 255 g/mol. The first-order chi connectivity index (χ1) is 9.22. The van der Waals surface area contributed by atoms with Gasteiger partial charge in [0.2, 0.25) is 0 Å². The lowest BCUT2D eigenvalue weighted by atomic mass is 10.1. The maximum atomic E-state index is 5.98. The molecule has 0 saturated carbocycles. The van der Waals surface area contributed by atoms with Crippen LogP contribution in [0.3, 0.4) is 0 Å². The summed E-state index contributed by atoms with van der Waals surface area (Å²) in [5.41, 5.74) is 9.48. The maximum Gasteiger partial charge on any atom is 0.136 e. The van der Waals surface area contributed by atoms with Crippen molar-refractivity contribution in [2.75, 3.05) is 6.54 Å². The van der Waals surface area contributed by atoms with E-state index in [1.54, 1.807) is 0 Å². The third-order valence-corrected chi connectivity index (χ3v) is 3.24. The van der Waals surface area contributed by atoms with E-state index in [0.717, 1.165) is 17.7 Å². The normalized spacial score (nSPS) is 12.2. The second kappa shape index (κ2) is 6.39. The number of rotatable bonds is 5. The molecule has 0 aliphatic rings. The van der Waals surface area contributed by atoms with Crippen LogP contribution in [0.25, 0.3) is 0 Å². The second-order valence-corrected chi connectivity index (χ2v) is 4.75. The average Bonchev–Trinajstić information content (AvgIpc) is 2.45. The summed E-state index contributed by atoms with van der Waals surface area (Å²) in [6, 6.07) is 16.5. The summed E-state index contributed by atoms with van der Waals surface area (Å²) < 4.78 is 5.98. The molecule has 0 saturated heterocycles. The standard InChI is InChI=1S/C17H21NO/c1-3-14-7-9-15(10-8-14)17(12-18)19-16-6-4-5-13(2)11-16/h4-11,17H,3,12,18H2,1-2H3. The van der Waals surface area contributed by atoms with Crippen LogP contribution < -0.4 is 10.5 Å². The predicted molar refractivity (Wildman–Crippen MR) is 79.4 cm³/mol. The highest BCUT2D eigenvalue weighted by Crippen LogP contribution is 2.22. The van der Waals surface area contributed by atoms with Crippen molar-refractivity contribution < 1.29 is 4.74 Å². The second-order valence-electron chi connectivity index (χ2n) is 4.75. The molecule has 100 valence electrons. The zero-order valence-corrected chi connectivity index (χ0v) is 11.6. The number of ether oxygens (including phenoxy) is 1. The number of benzene rings is 2. The van der Waals surface area contributed by atoms with E-state index in [9.17, 15) is 0 Å². The molecule has 0 aromatic heterocycles. The van der Waals surface area contributed by atoms with Crippen LogP contribution in [0.5, 0.6) is 5.75 Å². The molecular formula is C17H21NO. The Morgan fingerprint density at radius 3 is 2.42 bits per heavy atom. The average molecular weight is 255 g/mol. The number of nitrogens with two attached hydrogens (primary N) is 1. The van der Waals surface area contributed by atoms with Gasteiger partial charge in [-0.05, 0) is 42.2 Å². The van der Waals surface area contributed by atoms with Crippen molar-refractivity contribution in [3.05, 3.63) is 65.2 Å². The summed E-state index contributed by atoms with van der Waals surface area (Å²) in [6.07, 6.45) is 0.958. The Kier molecular flexibility index (Phi) is 4.58. The summed E-state index contributed by atoms with van der Waals surface area (Å²) >= 11 is 0. The van der Waals surface area contributed by atoms with Gasteiger partial charge >= 0.3 is 0 Å². The Hall–Kier alpha value is -1.80. The zero-order chi connectivity index (χ0) is 13.7. The summed E-state index contributed by atoms with van der Waals surface area (Å²) in [6.45, 7) is 4.68. The minimum atomic E-state index is -0.0901. The first-order valence-corrected chi connectivity index (χ1v) is 6.75. The van der Waals surface area contributed by atoms with Gasteiger partial charge < -0.3 is 10.5 Å². The summed E-state index contributed by atoms with van der Waals surface area (Å²) in [5.74, 6) is 0.870. The van der Waals surface area contributed by atoms with E-state index >= 15 is 0 Å². The first-order valence-electron chi connectivity index (χ1n) is 6.75. The molecule has 1 unspecified atom stereocenters. The lowest BCUT2D eigenvalue weighted by Gasteiger charge is -2.18. The molecule has 0 heterocycles. The van der Waals surface area contributed by atoms with Crippen molar-refractivity contribution in [1.29, 1.82) is 0 Å². The molecule has 0 amide bonds. The van der Waals surface area contributed by atoms with Gasteiger partial charge in [-0.25, -0.2) is 0 Å². The fourth-order valence-electron chi connectivity index (χ4n) is 2.07. The SMILES string of the molecule is CCc1ccc(C(CN)Oc2cccc(C)c2)cc1. The molecule has 2 heteroatoms. The van der Waals surface area contributed by atoms with E-state index in [-0.39, 0.29) is 6.10 Å². The third-order valence-electron chi connectivity index (χ3n) is 3.24. The lowest BCUT2D eigenvalue weighted by molar-refractivity contribution is 0.214. The van der Waals surface area contributed by atoms with Crippen LogP contribution in [0.1, 0.15) is 29.7 Å². The number of hydrogen-bond donors (Lipinski definition) is 1. The van der Waals surface area contributed by atoms with Gasteiger partial charge in [0.1, 0.15) is 11.9 Å². The molecule has 2 N–H and O–H groups in total. The lowest BCUT2D eigenvalue weighted by Crippen LogP contribution is -2.18. The van der Waals surface area contributed by atoms with E-state index in [1.807, 2.05) is 18.2 Å².